The smallest absolute Gasteiger partial charge is 0.180 e. The minimum absolute atomic E-state index is 0.0283. The molecule has 3 aromatic rings. The lowest BCUT2D eigenvalue weighted by atomic mass is 10.1. The summed E-state index contributed by atoms with van der Waals surface area (Å²) < 4.78 is 1.92. The van der Waals surface area contributed by atoms with Crippen molar-refractivity contribution in [1.29, 1.82) is 0 Å². The van der Waals surface area contributed by atoms with Crippen molar-refractivity contribution in [2.75, 3.05) is 11.9 Å². The lowest BCUT2D eigenvalue weighted by molar-refractivity contribution is 0.249. The van der Waals surface area contributed by atoms with Gasteiger partial charge in [-0.25, -0.2) is 9.97 Å². The fourth-order valence-corrected chi connectivity index (χ4v) is 2.50. The van der Waals surface area contributed by atoms with Crippen LogP contribution in [-0.4, -0.2) is 37.2 Å². The van der Waals surface area contributed by atoms with Gasteiger partial charge in [0.05, 0.1) is 24.5 Å². The van der Waals surface area contributed by atoms with E-state index >= 15 is 0 Å². The van der Waals surface area contributed by atoms with E-state index in [9.17, 15) is 10.2 Å². The molecule has 120 valence electrons. The van der Waals surface area contributed by atoms with Crippen LogP contribution in [0.15, 0.2) is 42.9 Å². The zero-order valence-corrected chi connectivity index (χ0v) is 13.1. The topological polar surface area (TPSA) is 82.7 Å². The van der Waals surface area contributed by atoms with E-state index in [2.05, 4.69) is 15.3 Å². The molecule has 1 aromatic carbocycles. The van der Waals surface area contributed by atoms with Crippen molar-refractivity contribution in [3.05, 3.63) is 42.9 Å². The van der Waals surface area contributed by atoms with Gasteiger partial charge >= 0.3 is 0 Å². The number of nitrogens with one attached hydrogen (secondary N) is 1. The molecule has 2 aromatic heterocycles. The summed E-state index contributed by atoms with van der Waals surface area (Å²) in [5, 5.41) is 22.4. The zero-order chi connectivity index (χ0) is 16.4. The molecule has 0 amide bonds. The Bertz CT molecular complexity index is 813. The number of anilines is 1. The van der Waals surface area contributed by atoms with Gasteiger partial charge in [0.2, 0.25) is 0 Å². The van der Waals surface area contributed by atoms with Crippen molar-refractivity contribution < 1.29 is 10.2 Å². The highest BCUT2D eigenvalue weighted by molar-refractivity contribution is 5.71. The van der Waals surface area contributed by atoms with Crippen LogP contribution in [0, 0.1) is 5.92 Å². The van der Waals surface area contributed by atoms with Crippen LogP contribution >= 0.6 is 0 Å². The van der Waals surface area contributed by atoms with E-state index in [0.717, 1.165) is 11.3 Å². The first-order valence-corrected chi connectivity index (χ1v) is 7.59. The Morgan fingerprint density at radius 3 is 2.78 bits per heavy atom. The average Bonchev–Trinajstić information content (AvgIpc) is 2.97. The van der Waals surface area contributed by atoms with E-state index in [1.54, 1.807) is 30.6 Å². The number of hydrogen-bond acceptors (Lipinski definition) is 5. The van der Waals surface area contributed by atoms with Crippen LogP contribution in [0.3, 0.4) is 0 Å². The van der Waals surface area contributed by atoms with E-state index in [4.69, 9.17) is 0 Å². The molecule has 0 fully saturated rings. The Kier molecular flexibility index (Phi) is 4.16. The van der Waals surface area contributed by atoms with Crippen molar-refractivity contribution in [2.24, 2.45) is 5.92 Å². The Labute approximate surface area is 134 Å². The van der Waals surface area contributed by atoms with E-state index in [-0.39, 0.29) is 24.3 Å². The largest absolute Gasteiger partial charge is 0.508 e. The second kappa shape index (κ2) is 6.26. The molecule has 0 radical (unpaired) electrons. The molecule has 3 N–H and O–H groups in total. The number of aromatic nitrogens is 3. The highest BCUT2D eigenvalue weighted by Crippen LogP contribution is 2.26. The number of phenols is 1. The molecule has 3 rings (SSSR count). The molecule has 0 bridgehead atoms. The molecule has 0 saturated heterocycles. The second-order valence-corrected chi connectivity index (χ2v) is 5.84. The first-order valence-electron chi connectivity index (χ1n) is 7.59. The summed E-state index contributed by atoms with van der Waals surface area (Å²) in [6, 6.07) is 6.96. The fraction of sp³-hybridized carbons (Fsp3) is 0.294. The summed E-state index contributed by atoms with van der Waals surface area (Å²) in [5.74, 6) is 1.11. The molecule has 23 heavy (non-hydrogen) atoms. The molecule has 2 heterocycles. The van der Waals surface area contributed by atoms with Crippen molar-refractivity contribution in [3.63, 3.8) is 0 Å². The zero-order valence-electron chi connectivity index (χ0n) is 13.1. The number of fused-ring (bicyclic) bond motifs is 1. The van der Waals surface area contributed by atoms with Crippen molar-refractivity contribution in [2.45, 2.75) is 19.9 Å². The van der Waals surface area contributed by atoms with Crippen LogP contribution in [-0.2, 0) is 0 Å². The number of imidazole rings is 1. The summed E-state index contributed by atoms with van der Waals surface area (Å²) >= 11 is 0. The Balaban J connectivity index is 2.04. The molecule has 0 spiro atoms. The molecule has 6 nitrogen and oxygen atoms in total. The summed E-state index contributed by atoms with van der Waals surface area (Å²) in [7, 11) is 0. The van der Waals surface area contributed by atoms with Gasteiger partial charge < -0.3 is 15.5 Å². The number of phenolic OH excluding ortho intramolecular Hbond substituents is 1. The molecular formula is C17H20N4O2. The lowest BCUT2D eigenvalue weighted by Crippen LogP contribution is -2.30. The molecule has 0 aliphatic rings. The Morgan fingerprint density at radius 2 is 2.09 bits per heavy atom. The monoisotopic (exact) mass is 312 g/mol. The van der Waals surface area contributed by atoms with Crippen molar-refractivity contribution >= 4 is 11.5 Å². The third-order valence-corrected chi connectivity index (χ3v) is 3.89. The van der Waals surface area contributed by atoms with Crippen LogP contribution < -0.4 is 5.32 Å². The molecule has 0 aliphatic heterocycles. The molecule has 1 atom stereocenters. The number of rotatable bonds is 5. The molecule has 0 saturated carbocycles. The van der Waals surface area contributed by atoms with Gasteiger partial charge in [0, 0.05) is 18.0 Å². The SMILES string of the molecule is CC(C)C(CO)Nc1nccn2c(-c3cccc(O)c3)cnc12. The third-order valence-electron chi connectivity index (χ3n) is 3.89. The number of aliphatic hydroxyl groups excluding tert-OH is 1. The normalized spacial score (nSPS) is 12.7. The van der Waals surface area contributed by atoms with E-state index in [1.807, 2.05) is 30.5 Å². The van der Waals surface area contributed by atoms with Gasteiger partial charge in [0.25, 0.3) is 0 Å². The van der Waals surface area contributed by atoms with Crippen LogP contribution in [0.4, 0.5) is 5.82 Å². The fourth-order valence-electron chi connectivity index (χ4n) is 2.50. The second-order valence-electron chi connectivity index (χ2n) is 5.84. The van der Waals surface area contributed by atoms with Crippen LogP contribution in [0.5, 0.6) is 5.75 Å². The highest BCUT2D eigenvalue weighted by atomic mass is 16.3. The maximum atomic E-state index is 9.67. The van der Waals surface area contributed by atoms with Crippen LogP contribution in [0.25, 0.3) is 16.9 Å². The van der Waals surface area contributed by atoms with Gasteiger partial charge in [-0.1, -0.05) is 26.0 Å². The summed E-state index contributed by atoms with van der Waals surface area (Å²) in [5.41, 5.74) is 2.42. The van der Waals surface area contributed by atoms with Crippen molar-refractivity contribution in [3.8, 4) is 17.0 Å². The van der Waals surface area contributed by atoms with Crippen LogP contribution in [0.1, 0.15) is 13.8 Å². The van der Waals surface area contributed by atoms with E-state index in [0.29, 0.717) is 11.5 Å². The number of nitrogens with zero attached hydrogens (tertiary/aromatic N) is 3. The first kappa shape index (κ1) is 15.3. The van der Waals surface area contributed by atoms with Gasteiger partial charge in [-0.05, 0) is 18.1 Å². The summed E-state index contributed by atoms with van der Waals surface area (Å²) in [6.07, 6.45) is 5.27. The lowest BCUT2D eigenvalue weighted by Gasteiger charge is -2.20. The molecule has 1 unspecified atom stereocenters. The van der Waals surface area contributed by atoms with Gasteiger partial charge in [-0.3, -0.25) is 4.40 Å². The maximum absolute atomic E-state index is 9.67. The third kappa shape index (κ3) is 2.98. The minimum Gasteiger partial charge on any atom is -0.508 e. The van der Waals surface area contributed by atoms with Crippen LogP contribution in [0.2, 0.25) is 0 Å². The number of aliphatic hydroxyl groups is 1. The quantitative estimate of drug-likeness (QED) is 0.674. The Hall–Kier alpha value is -2.60. The van der Waals surface area contributed by atoms with Gasteiger partial charge in [-0.2, -0.15) is 0 Å². The minimum atomic E-state index is -0.0883. The van der Waals surface area contributed by atoms with Gasteiger partial charge in [-0.15, -0.1) is 0 Å². The van der Waals surface area contributed by atoms with Crippen molar-refractivity contribution in [1.82, 2.24) is 14.4 Å². The molecule has 0 aliphatic carbocycles. The highest BCUT2D eigenvalue weighted by Gasteiger charge is 2.16. The Morgan fingerprint density at radius 1 is 1.26 bits per heavy atom. The first-order chi connectivity index (χ1) is 11.1. The number of benzene rings is 1. The number of hydrogen-bond donors (Lipinski definition) is 3. The molecular weight excluding hydrogens is 292 g/mol. The predicted octanol–water partition coefficient (Wildman–Crippen LogP) is 2.53. The summed E-state index contributed by atoms with van der Waals surface area (Å²) in [6.45, 7) is 4.11. The predicted molar refractivity (Wildman–Crippen MR) is 89.4 cm³/mol. The summed E-state index contributed by atoms with van der Waals surface area (Å²) in [4.78, 5) is 8.79. The standard InChI is InChI=1S/C17H20N4O2/c1-11(2)14(10-22)20-16-17-19-9-15(21(17)7-6-18-16)12-4-3-5-13(23)8-12/h3-9,11,14,22-23H,10H2,1-2H3,(H,18,20). The van der Waals surface area contributed by atoms with E-state index in [1.165, 1.54) is 0 Å². The molecule has 6 heteroatoms. The average molecular weight is 312 g/mol. The van der Waals surface area contributed by atoms with Gasteiger partial charge in [0.1, 0.15) is 5.75 Å². The number of aromatic hydroxyl groups is 1. The van der Waals surface area contributed by atoms with Gasteiger partial charge in [0.15, 0.2) is 11.5 Å². The van der Waals surface area contributed by atoms with E-state index < -0.39 is 0 Å². The maximum Gasteiger partial charge on any atom is 0.180 e.